The molecular formula is C16H13N3O. The van der Waals surface area contributed by atoms with Crippen molar-refractivity contribution >= 4 is 10.8 Å². The van der Waals surface area contributed by atoms with Gasteiger partial charge in [-0.25, -0.2) is 0 Å². The Labute approximate surface area is 116 Å². The third-order valence-electron chi connectivity index (χ3n) is 2.98. The summed E-state index contributed by atoms with van der Waals surface area (Å²) >= 11 is 0. The molecule has 4 nitrogen and oxygen atoms in total. The summed E-state index contributed by atoms with van der Waals surface area (Å²) in [7, 11) is 0. The first kappa shape index (κ1) is 12.4. The van der Waals surface area contributed by atoms with Crippen molar-refractivity contribution < 1.29 is 4.52 Å². The number of fused-ring (bicyclic) bond motifs is 1. The normalized spacial score (nSPS) is 10.6. The van der Waals surface area contributed by atoms with E-state index in [-0.39, 0.29) is 0 Å². The van der Waals surface area contributed by atoms with E-state index in [1.165, 1.54) is 5.39 Å². The SMILES string of the molecule is C#CCNCc1nc(-c2ccc3ccccc3c2)no1. The molecular weight excluding hydrogens is 250 g/mol. The summed E-state index contributed by atoms with van der Waals surface area (Å²) in [6, 6.07) is 14.3. The van der Waals surface area contributed by atoms with Gasteiger partial charge in [-0.15, -0.1) is 6.42 Å². The van der Waals surface area contributed by atoms with Crippen LogP contribution in [0.25, 0.3) is 22.2 Å². The van der Waals surface area contributed by atoms with E-state index in [0.29, 0.717) is 24.8 Å². The zero-order chi connectivity index (χ0) is 13.8. The highest BCUT2D eigenvalue weighted by Gasteiger charge is 2.08. The predicted molar refractivity (Wildman–Crippen MR) is 77.8 cm³/mol. The van der Waals surface area contributed by atoms with Gasteiger partial charge in [-0.3, -0.25) is 5.32 Å². The quantitative estimate of drug-likeness (QED) is 0.580. The monoisotopic (exact) mass is 263 g/mol. The second-order valence-corrected chi connectivity index (χ2v) is 4.38. The molecule has 0 unspecified atom stereocenters. The molecule has 20 heavy (non-hydrogen) atoms. The maximum atomic E-state index is 5.19. The average Bonchev–Trinajstić information content (AvgIpc) is 2.96. The number of terminal acetylenes is 1. The van der Waals surface area contributed by atoms with Crippen molar-refractivity contribution in [3.63, 3.8) is 0 Å². The number of benzene rings is 2. The molecule has 3 rings (SSSR count). The highest BCUT2D eigenvalue weighted by Crippen LogP contribution is 2.22. The molecule has 0 atom stereocenters. The van der Waals surface area contributed by atoms with Gasteiger partial charge in [0.15, 0.2) is 0 Å². The molecule has 0 aliphatic carbocycles. The molecule has 1 heterocycles. The van der Waals surface area contributed by atoms with Gasteiger partial charge in [-0.2, -0.15) is 4.98 Å². The zero-order valence-corrected chi connectivity index (χ0v) is 10.8. The van der Waals surface area contributed by atoms with Crippen LogP contribution in [0.4, 0.5) is 0 Å². The first-order valence-corrected chi connectivity index (χ1v) is 6.33. The van der Waals surface area contributed by atoms with Crippen molar-refractivity contribution in [3.8, 4) is 23.7 Å². The van der Waals surface area contributed by atoms with E-state index >= 15 is 0 Å². The molecule has 0 saturated carbocycles. The number of nitrogens with one attached hydrogen (secondary N) is 1. The lowest BCUT2D eigenvalue weighted by atomic mass is 10.1. The Morgan fingerprint density at radius 2 is 2.00 bits per heavy atom. The largest absolute Gasteiger partial charge is 0.338 e. The van der Waals surface area contributed by atoms with Crippen LogP contribution in [0.15, 0.2) is 47.0 Å². The van der Waals surface area contributed by atoms with E-state index in [0.717, 1.165) is 10.9 Å². The molecule has 4 heteroatoms. The van der Waals surface area contributed by atoms with Crippen LogP contribution < -0.4 is 5.32 Å². The van der Waals surface area contributed by atoms with Crippen LogP contribution in [0, 0.1) is 12.3 Å². The van der Waals surface area contributed by atoms with Crippen LogP contribution in [0.5, 0.6) is 0 Å². The number of aromatic nitrogens is 2. The molecule has 1 N–H and O–H groups in total. The summed E-state index contributed by atoms with van der Waals surface area (Å²) in [5, 5.41) is 9.35. The lowest BCUT2D eigenvalue weighted by molar-refractivity contribution is 0.370. The Balaban J connectivity index is 1.85. The molecule has 0 amide bonds. The lowest BCUT2D eigenvalue weighted by Crippen LogP contribution is -2.13. The van der Waals surface area contributed by atoms with Gasteiger partial charge in [0.1, 0.15) is 0 Å². The van der Waals surface area contributed by atoms with Crippen molar-refractivity contribution in [2.24, 2.45) is 0 Å². The van der Waals surface area contributed by atoms with Gasteiger partial charge in [0.25, 0.3) is 0 Å². The molecule has 98 valence electrons. The van der Waals surface area contributed by atoms with E-state index in [4.69, 9.17) is 10.9 Å². The molecule has 0 aliphatic rings. The first-order valence-electron chi connectivity index (χ1n) is 6.33. The van der Waals surface area contributed by atoms with E-state index in [2.05, 4.69) is 45.6 Å². The van der Waals surface area contributed by atoms with Gasteiger partial charge < -0.3 is 4.52 Å². The Morgan fingerprint density at radius 3 is 2.85 bits per heavy atom. The van der Waals surface area contributed by atoms with E-state index in [1.807, 2.05) is 18.2 Å². The van der Waals surface area contributed by atoms with Crippen LogP contribution >= 0.6 is 0 Å². The Bertz CT molecular complexity index is 770. The molecule has 0 aliphatic heterocycles. The highest BCUT2D eigenvalue weighted by molar-refractivity contribution is 5.86. The summed E-state index contributed by atoms with van der Waals surface area (Å²) in [5.41, 5.74) is 0.940. The van der Waals surface area contributed by atoms with E-state index < -0.39 is 0 Å². The zero-order valence-electron chi connectivity index (χ0n) is 10.8. The van der Waals surface area contributed by atoms with Crippen molar-refractivity contribution in [1.29, 1.82) is 0 Å². The minimum Gasteiger partial charge on any atom is -0.338 e. The van der Waals surface area contributed by atoms with E-state index in [9.17, 15) is 0 Å². The fourth-order valence-corrected chi connectivity index (χ4v) is 2.01. The molecule has 0 spiro atoms. The van der Waals surface area contributed by atoms with Crippen LogP contribution in [-0.4, -0.2) is 16.7 Å². The van der Waals surface area contributed by atoms with Crippen molar-refractivity contribution in [2.45, 2.75) is 6.54 Å². The molecule has 0 bridgehead atoms. The molecule has 2 aromatic carbocycles. The van der Waals surface area contributed by atoms with Gasteiger partial charge >= 0.3 is 0 Å². The maximum Gasteiger partial charge on any atom is 0.240 e. The lowest BCUT2D eigenvalue weighted by Gasteiger charge is -1.99. The van der Waals surface area contributed by atoms with Gasteiger partial charge in [-0.1, -0.05) is 47.5 Å². The summed E-state index contributed by atoms with van der Waals surface area (Å²) in [6.07, 6.45) is 5.16. The number of hydrogen-bond donors (Lipinski definition) is 1. The minimum absolute atomic E-state index is 0.477. The van der Waals surface area contributed by atoms with Gasteiger partial charge in [0.05, 0.1) is 13.1 Å². The molecule has 0 fully saturated rings. The maximum absolute atomic E-state index is 5.19. The molecule has 0 saturated heterocycles. The van der Waals surface area contributed by atoms with E-state index in [1.54, 1.807) is 0 Å². The summed E-state index contributed by atoms with van der Waals surface area (Å²) in [5.74, 6) is 3.62. The van der Waals surface area contributed by atoms with Crippen molar-refractivity contribution in [2.75, 3.05) is 6.54 Å². The van der Waals surface area contributed by atoms with Crippen LogP contribution in [0.2, 0.25) is 0 Å². The third kappa shape index (κ3) is 2.53. The molecule has 1 aromatic heterocycles. The third-order valence-corrected chi connectivity index (χ3v) is 2.98. The summed E-state index contributed by atoms with van der Waals surface area (Å²) in [6.45, 7) is 0.957. The first-order chi connectivity index (χ1) is 9.86. The van der Waals surface area contributed by atoms with Crippen LogP contribution in [-0.2, 0) is 6.54 Å². The fraction of sp³-hybridized carbons (Fsp3) is 0.125. The Morgan fingerprint density at radius 1 is 1.15 bits per heavy atom. The predicted octanol–water partition coefficient (Wildman–Crippen LogP) is 2.61. The Hall–Kier alpha value is -2.64. The van der Waals surface area contributed by atoms with Crippen LogP contribution in [0.1, 0.15) is 5.89 Å². The van der Waals surface area contributed by atoms with Crippen molar-refractivity contribution in [1.82, 2.24) is 15.5 Å². The van der Waals surface area contributed by atoms with Gasteiger partial charge in [0.2, 0.25) is 11.7 Å². The second kappa shape index (κ2) is 5.55. The van der Waals surface area contributed by atoms with Gasteiger partial charge in [0, 0.05) is 5.56 Å². The van der Waals surface area contributed by atoms with Gasteiger partial charge in [-0.05, 0) is 16.8 Å². The summed E-state index contributed by atoms with van der Waals surface area (Å²) < 4.78 is 5.19. The topological polar surface area (TPSA) is 51.0 Å². The standard InChI is InChI=1S/C16H13N3O/c1-2-9-17-11-15-18-16(19-20-15)14-8-7-12-5-3-4-6-13(12)10-14/h1,3-8,10,17H,9,11H2. The summed E-state index contributed by atoms with van der Waals surface area (Å²) in [4.78, 5) is 4.35. The molecule has 0 radical (unpaired) electrons. The average molecular weight is 263 g/mol. The van der Waals surface area contributed by atoms with Crippen molar-refractivity contribution in [3.05, 3.63) is 48.4 Å². The smallest absolute Gasteiger partial charge is 0.240 e. The highest BCUT2D eigenvalue weighted by atomic mass is 16.5. The molecule has 3 aromatic rings. The number of rotatable bonds is 4. The minimum atomic E-state index is 0.477. The number of nitrogens with zero attached hydrogens (tertiary/aromatic N) is 2. The Kier molecular flexibility index (Phi) is 3.44. The second-order valence-electron chi connectivity index (χ2n) is 4.38. The number of hydrogen-bond acceptors (Lipinski definition) is 4. The van der Waals surface area contributed by atoms with Crippen LogP contribution in [0.3, 0.4) is 0 Å². The fourth-order valence-electron chi connectivity index (χ4n) is 2.01.